The van der Waals surface area contributed by atoms with Gasteiger partial charge in [0.2, 0.25) is 0 Å². The fourth-order valence-electron chi connectivity index (χ4n) is 2.26. The van der Waals surface area contributed by atoms with Crippen LogP contribution >= 0.6 is 22.6 Å². The van der Waals surface area contributed by atoms with Crippen molar-refractivity contribution in [2.45, 2.75) is 13.1 Å². The van der Waals surface area contributed by atoms with Crippen LogP contribution in [0.2, 0.25) is 0 Å². The molecular formula is C18H16IN3. The normalized spacial score (nSPS) is 10.4. The second kappa shape index (κ2) is 7.35. The minimum atomic E-state index is 0.762. The van der Waals surface area contributed by atoms with Gasteiger partial charge in [0.05, 0.1) is 24.5 Å². The summed E-state index contributed by atoms with van der Waals surface area (Å²) in [5, 5.41) is 0. The molecule has 0 unspecified atom stereocenters. The molecule has 0 amide bonds. The predicted octanol–water partition coefficient (Wildman–Crippen LogP) is 4.29. The number of aromatic nitrogens is 2. The van der Waals surface area contributed by atoms with Crippen LogP contribution in [0, 0.1) is 3.57 Å². The minimum Gasteiger partial charge on any atom is -0.360 e. The lowest BCUT2D eigenvalue weighted by atomic mass is 10.2. The van der Waals surface area contributed by atoms with E-state index in [4.69, 9.17) is 0 Å². The lowest BCUT2D eigenvalue weighted by molar-refractivity contribution is 0.765. The summed E-state index contributed by atoms with van der Waals surface area (Å²) in [6, 6.07) is 20.6. The van der Waals surface area contributed by atoms with Gasteiger partial charge in [-0.2, -0.15) is 0 Å². The maximum absolute atomic E-state index is 4.44. The van der Waals surface area contributed by atoms with E-state index in [1.165, 1.54) is 9.26 Å². The van der Waals surface area contributed by atoms with Crippen molar-refractivity contribution in [3.05, 3.63) is 88.0 Å². The second-order valence-corrected chi connectivity index (χ2v) is 6.22. The van der Waals surface area contributed by atoms with E-state index in [0.29, 0.717) is 0 Å². The molecular weight excluding hydrogens is 385 g/mol. The van der Waals surface area contributed by atoms with Crippen molar-refractivity contribution in [1.82, 2.24) is 9.97 Å². The average molecular weight is 401 g/mol. The molecule has 2 heterocycles. The number of pyridine rings is 2. The lowest BCUT2D eigenvalue weighted by Gasteiger charge is -2.24. The zero-order valence-corrected chi connectivity index (χ0v) is 14.2. The van der Waals surface area contributed by atoms with E-state index in [-0.39, 0.29) is 0 Å². The number of halogens is 1. The molecule has 0 spiro atoms. The van der Waals surface area contributed by atoms with Gasteiger partial charge < -0.3 is 4.90 Å². The fraction of sp³-hybridized carbons (Fsp3) is 0.111. The largest absolute Gasteiger partial charge is 0.360 e. The Hall–Kier alpha value is -1.95. The smallest absolute Gasteiger partial charge is 0.0606 e. The average Bonchev–Trinajstić information content (AvgIpc) is 2.57. The van der Waals surface area contributed by atoms with Gasteiger partial charge in [-0.15, -0.1) is 0 Å². The van der Waals surface area contributed by atoms with Crippen molar-refractivity contribution in [2.24, 2.45) is 0 Å². The van der Waals surface area contributed by atoms with Gasteiger partial charge in [0, 0.05) is 21.7 Å². The molecule has 0 aliphatic rings. The number of rotatable bonds is 5. The molecule has 0 N–H and O–H groups in total. The molecule has 1 aromatic carbocycles. The van der Waals surface area contributed by atoms with Crippen LogP contribution in [0.5, 0.6) is 0 Å². The van der Waals surface area contributed by atoms with Crippen LogP contribution in [0.1, 0.15) is 11.4 Å². The Balaban J connectivity index is 1.86. The highest BCUT2D eigenvalue weighted by Crippen LogP contribution is 2.20. The monoisotopic (exact) mass is 401 g/mol. The third-order valence-electron chi connectivity index (χ3n) is 3.35. The summed E-state index contributed by atoms with van der Waals surface area (Å²) in [7, 11) is 0. The molecule has 0 aliphatic heterocycles. The highest BCUT2D eigenvalue weighted by molar-refractivity contribution is 14.1. The van der Waals surface area contributed by atoms with Crippen LogP contribution < -0.4 is 4.90 Å². The number of hydrogen-bond acceptors (Lipinski definition) is 3. The zero-order valence-electron chi connectivity index (χ0n) is 12.1. The van der Waals surface area contributed by atoms with Crippen LogP contribution in [0.3, 0.4) is 0 Å². The Morgan fingerprint density at radius 3 is 1.73 bits per heavy atom. The molecule has 0 saturated carbocycles. The molecule has 4 heteroatoms. The van der Waals surface area contributed by atoms with Crippen molar-refractivity contribution in [2.75, 3.05) is 4.90 Å². The van der Waals surface area contributed by atoms with Gasteiger partial charge in [-0.1, -0.05) is 12.1 Å². The summed E-state index contributed by atoms with van der Waals surface area (Å²) < 4.78 is 1.23. The standard InChI is InChI=1S/C18H16IN3/c19-15-7-9-18(10-8-15)22(13-16-5-1-3-11-20-16)14-17-6-2-4-12-21-17/h1-12H,13-14H2. The fourth-order valence-corrected chi connectivity index (χ4v) is 2.62. The van der Waals surface area contributed by atoms with E-state index in [2.05, 4.69) is 73.9 Å². The maximum Gasteiger partial charge on any atom is 0.0606 e. The van der Waals surface area contributed by atoms with Crippen LogP contribution in [0.15, 0.2) is 73.1 Å². The van der Waals surface area contributed by atoms with Crippen LogP contribution in [0.4, 0.5) is 5.69 Å². The number of anilines is 1. The third-order valence-corrected chi connectivity index (χ3v) is 4.07. The Morgan fingerprint density at radius 1 is 0.727 bits per heavy atom. The highest BCUT2D eigenvalue weighted by Gasteiger charge is 2.09. The summed E-state index contributed by atoms with van der Waals surface area (Å²) in [5.41, 5.74) is 3.28. The minimum absolute atomic E-state index is 0.762. The van der Waals surface area contributed by atoms with Crippen LogP contribution in [0.25, 0.3) is 0 Å². The first-order valence-corrected chi connectivity index (χ1v) is 8.19. The van der Waals surface area contributed by atoms with E-state index < -0.39 is 0 Å². The molecule has 0 radical (unpaired) electrons. The molecule has 3 nitrogen and oxygen atoms in total. The maximum atomic E-state index is 4.44. The molecule has 22 heavy (non-hydrogen) atoms. The summed E-state index contributed by atoms with van der Waals surface area (Å²) in [6.45, 7) is 1.52. The molecule has 0 saturated heterocycles. The molecule has 110 valence electrons. The predicted molar refractivity (Wildman–Crippen MR) is 97.5 cm³/mol. The molecule has 3 aromatic rings. The van der Waals surface area contributed by atoms with Crippen molar-refractivity contribution in [3.63, 3.8) is 0 Å². The Labute approximate surface area is 144 Å². The topological polar surface area (TPSA) is 29.0 Å². The zero-order chi connectivity index (χ0) is 15.2. The summed E-state index contributed by atoms with van der Waals surface area (Å²) in [4.78, 5) is 11.2. The van der Waals surface area contributed by atoms with E-state index in [0.717, 1.165) is 24.5 Å². The third kappa shape index (κ3) is 4.04. The summed E-state index contributed by atoms with van der Waals surface area (Å²) >= 11 is 2.32. The van der Waals surface area contributed by atoms with Gasteiger partial charge in [0.1, 0.15) is 0 Å². The molecule has 0 aliphatic carbocycles. The molecule has 3 rings (SSSR count). The number of nitrogens with zero attached hydrogens (tertiary/aromatic N) is 3. The van der Waals surface area contributed by atoms with Crippen molar-refractivity contribution in [1.29, 1.82) is 0 Å². The Morgan fingerprint density at radius 2 is 1.27 bits per heavy atom. The molecule has 0 atom stereocenters. The lowest BCUT2D eigenvalue weighted by Crippen LogP contribution is -2.23. The van der Waals surface area contributed by atoms with E-state index in [1.54, 1.807) is 0 Å². The highest BCUT2D eigenvalue weighted by atomic mass is 127. The van der Waals surface area contributed by atoms with Gasteiger partial charge in [0.25, 0.3) is 0 Å². The van der Waals surface area contributed by atoms with E-state index >= 15 is 0 Å². The first kappa shape index (κ1) is 15.0. The van der Waals surface area contributed by atoms with Gasteiger partial charge in [-0.25, -0.2) is 0 Å². The number of benzene rings is 1. The SMILES string of the molecule is Ic1ccc(N(Cc2ccccn2)Cc2ccccn2)cc1. The molecule has 0 fully saturated rings. The molecule has 0 bridgehead atoms. The van der Waals surface area contributed by atoms with E-state index in [9.17, 15) is 0 Å². The first-order chi connectivity index (χ1) is 10.8. The van der Waals surface area contributed by atoms with Crippen molar-refractivity contribution < 1.29 is 0 Å². The van der Waals surface area contributed by atoms with Gasteiger partial charge in [0.15, 0.2) is 0 Å². The van der Waals surface area contributed by atoms with Crippen molar-refractivity contribution >= 4 is 28.3 Å². The van der Waals surface area contributed by atoms with Crippen LogP contribution in [-0.4, -0.2) is 9.97 Å². The quantitative estimate of drug-likeness (QED) is 0.598. The molecule has 2 aromatic heterocycles. The summed E-state index contributed by atoms with van der Waals surface area (Å²) in [5.74, 6) is 0. The van der Waals surface area contributed by atoms with Crippen LogP contribution in [-0.2, 0) is 13.1 Å². The van der Waals surface area contributed by atoms with Gasteiger partial charge >= 0.3 is 0 Å². The first-order valence-electron chi connectivity index (χ1n) is 7.11. The van der Waals surface area contributed by atoms with Crippen molar-refractivity contribution in [3.8, 4) is 0 Å². The Bertz CT molecular complexity index is 658. The van der Waals surface area contributed by atoms with Gasteiger partial charge in [-0.05, 0) is 71.1 Å². The Kier molecular flexibility index (Phi) is 5.00. The van der Waals surface area contributed by atoms with E-state index in [1.807, 2.05) is 36.7 Å². The van der Waals surface area contributed by atoms with Gasteiger partial charge in [-0.3, -0.25) is 9.97 Å². The summed E-state index contributed by atoms with van der Waals surface area (Å²) in [6.07, 6.45) is 3.67. The second-order valence-electron chi connectivity index (χ2n) is 4.97. The number of hydrogen-bond donors (Lipinski definition) is 0.